The number of halogens is 2. The van der Waals surface area contributed by atoms with Gasteiger partial charge < -0.3 is 19.5 Å². The van der Waals surface area contributed by atoms with Crippen LogP contribution in [0.4, 0.5) is 4.79 Å². The van der Waals surface area contributed by atoms with Crippen molar-refractivity contribution in [2.24, 2.45) is 0 Å². The minimum absolute atomic E-state index is 0.0562. The summed E-state index contributed by atoms with van der Waals surface area (Å²) < 4.78 is 18.1. The Morgan fingerprint density at radius 1 is 1.19 bits per heavy atom. The highest BCUT2D eigenvalue weighted by Crippen LogP contribution is 2.35. The molecule has 32 heavy (non-hydrogen) atoms. The Labute approximate surface area is 207 Å². The topological polar surface area (TPSA) is 94.2 Å². The number of rotatable bonds is 8. The molecule has 3 amide bonds. The Morgan fingerprint density at radius 2 is 1.91 bits per heavy atom. The van der Waals surface area contributed by atoms with E-state index in [0.717, 1.165) is 18.5 Å². The zero-order valence-corrected chi connectivity index (χ0v) is 21.1. The van der Waals surface area contributed by atoms with E-state index in [4.69, 9.17) is 9.47 Å². The van der Waals surface area contributed by atoms with E-state index in [0.29, 0.717) is 30.3 Å². The van der Waals surface area contributed by atoms with Gasteiger partial charge in [0.1, 0.15) is 18.8 Å². The number of benzene rings is 2. The molecule has 0 spiro atoms. The number of hydrogen-bond donors (Lipinski definition) is 1. The molecule has 3 rings (SSSR count). The van der Waals surface area contributed by atoms with Crippen molar-refractivity contribution in [1.82, 2.24) is 10.2 Å². The molecule has 0 unspecified atom stereocenters. The molecule has 1 aliphatic heterocycles. The van der Waals surface area contributed by atoms with Crippen molar-refractivity contribution in [2.75, 3.05) is 20.3 Å². The summed E-state index contributed by atoms with van der Waals surface area (Å²) in [5, 5.41) is 2.48. The van der Waals surface area contributed by atoms with Crippen LogP contribution in [-0.4, -0.2) is 43.1 Å². The lowest BCUT2D eigenvalue weighted by Crippen LogP contribution is -2.36. The third-order valence-electron chi connectivity index (χ3n) is 4.42. The molecule has 0 atom stereocenters. The number of nitrogens with zero attached hydrogens (tertiary/aromatic N) is 1. The number of carbonyl (C=O) groups excluding carboxylic acids is 3. The fraction of sp³-hybridized carbons (Fsp3) is 0.227. The maximum Gasteiger partial charge on any atom is 0.329 e. The Morgan fingerprint density at radius 3 is 2.56 bits per heavy atom. The summed E-state index contributed by atoms with van der Waals surface area (Å²) in [4.78, 5) is 36.8. The van der Waals surface area contributed by atoms with Gasteiger partial charge in [0, 0.05) is 4.47 Å². The number of amides is 3. The normalized spacial score (nSPS) is 14.5. The van der Waals surface area contributed by atoms with Gasteiger partial charge >= 0.3 is 12.0 Å². The van der Waals surface area contributed by atoms with Gasteiger partial charge in [0.2, 0.25) is 0 Å². The molecule has 2 aromatic carbocycles. The predicted octanol–water partition coefficient (Wildman–Crippen LogP) is 4.10. The summed E-state index contributed by atoms with van der Waals surface area (Å²) in [6, 6.07) is 10.7. The molecule has 1 N–H and O–H groups in total. The number of nitrogens with one attached hydrogen (secondary N) is 1. The highest BCUT2D eigenvalue weighted by atomic mass is 127. The average Bonchev–Trinajstić information content (AvgIpc) is 3.01. The van der Waals surface area contributed by atoms with Gasteiger partial charge in [0.05, 0.1) is 17.3 Å². The van der Waals surface area contributed by atoms with E-state index in [1.807, 2.05) is 37.3 Å². The number of esters is 1. The predicted molar refractivity (Wildman–Crippen MR) is 129 cm³/mol. The van der Waals surface area contributed by atoms with Crippen molar-refractivity contribution in [2.45, 2.75) is 13.5 Å². The van der Waals surface area contributed by atoms with Crippen LogP contribution in [0.2, 0.25) is 0 Å². The first-order valence-corrected chi connectivity index (χ1v) is 11.4. The Balaban J connectivity index is 1.83. The number of methoxy groups -OCH3 is 1. The number of urea groups is 1. The highest BCUT2D eigenvalue weighted by Gasteiger charge is 2.35. The van der Waals surface area contributed by atoms with E-state index < -0.39 is 24.5 Å². The van der Waals surface area contributed by atoms with Crippen molar-refractivity contribution in [1.29, 1.82) is 0 Å². The molecule has 168 valence electrons. The van der Waals surface area contributed by atoms with Gasteiger partial charge in [-0.05, 0) is 71.0 Å². The third-order valence-corrected chi connectivity index (χ3v) is 5.75. The molecule has 10 heteroatoms. The third kappa shape index (κ3) is 5.80. The highest BCUT2D eigenvalue weighted by molar-refractivity contribution is 14.1. The van der Waals surface area contributed by atoms with Crippen molar-refractivity contribution in [3.8, 4) is 11.5 Å². The lowest BCUT2D eigenvalue weighted by molar-refractivity contribution is -0.143. The van der Waals surface area contributed by atoms with Crippen LogP contribution in [0.5, 0.6) is 11.5 Å². The SMILES string of the molecule is CCOc1cc(/C=C2/NC(=O)N(CC(=O)OC)C2=O)cc(I)c1OCc1ccc(Br)cc1. The van der Waals surface area contributed by atoms with E-state index in [1.165, 1.54) is 13.2 Å². The summed E-state index contributed by atoms with van der Waals surface area (Å²) in [6.07, 6.45) is 1.53. The minimum Gasteiger partial charge on any atom is -0.490 e. The van der Waals surface area contributed by atoms with Gasteiger partial charge in [0.25, 0.3) is 5.91 Å². The van der Waals surface area contributed by atoms with Crippen LogP contribution < -0.4 is 14.8 Å². The molecule has 1 aliphatic rings. The van der Waals surface area contributed by atoms with Crippen LogP contribution in [0.15, 0.2) is 46.6 Å². The molecular weight excluding hydrogens is 595 g/mol. The second kappa shape index (κ2) is 10.8. The average molecular weight is 615 g/mol. The van der Waals surface area contributed by atoms with Crippen molar-refractivity contribution in [3.63, 3.8) is 0 Å². The van der Waals surface area contributed by atoms with E-state index in [2.05, 4.69) is 48.6 Å². The molecular formula is C22H20BrIN2O6. The van der Waals surface area contributed by atoms with Gasteiger partial charge in [0.15, 0.2) is 11.5 Å². The molecule has 1 heterocycles. The number of hydrogen-bond acceptors (Lipinski definition) is 6. The van der Waals surface area contributed by atoms with Crippen LogP contribution in [0.1, 0.15) is 18.1 Å². The van der Waals surface area contributed by atoms with Crippen LogP contribution in [0, 0.1) is 3.57 Å². The largest absolute Gasteiger partial charge is 0.490 e. The van der Waals surface area contributed by atoms with Gasteiger partial charge in [-0.2, -0.15) is 0 Å². The maximum absolute atomic E-state index is 12.5. The van der Waals surface area contributed by atoms with E-state index in [1.54, 1.807) is 6.07 Å². The molecule has 0 bridgehead atoms. The van der Waals surface area contributed by atoms with Crippen molar-refractivity contribution < 1.29 is 28.6 Å². The number of carbonyl (C=O) groups is 3. The lowest BCUT2D eigenvalue weighted by atomic mass is 10.1. The van der Waals surface area contributed by atoms with E-state index in [9.17, 15) is 14.4 Å². The monoisotopic (exact) mass is 614 g/mol. The first-order valence-electron chi connectivity index (χ1n) is 9.57. The van der Waals surface area contributed by atoms with Gasteiger partial charge in [-0.25, -0.2) is 9.69 Å². The minimum atomic E-state index is -0.685. The van der Waals surface area contributed by atoms with Crippen LogP contribution in [0.25, 0.3) is 6.08 Å². The molecule has 0 aliphatic carbocycles. The Bertz CT molecular complexity index is 1070. The molecule has 8 nitrogen and oxygen atoms in total. The second-order valence-corrected chi connectivity index (χ2v) is 8.71. The molecule has 1 saturated heterocycles. The van der Waals surface area contributed by atoms with Crippen molar-refractivity contribution in [3.05, 3.63) is 61.3 Å². The zero-order valence-electron chi connectivity index (χ0n) is 17.3. The van der Waals surface area contributed by atoms with E-state index >= 15 is 0 Å². The summed E-state index contributed by atoms with van der Waals surface area (Å²) >= 11 is 5.55. The smallest absolute Gasteiger partial charge is 0.329 e. The van der Waals surface area contributed by atoms with Gasteiger partial charge in [-0.3, -0.25) is 9.59 Å². The maximum atomic E-state index is 12.5. The van der Waals surface area contributed by atoms with E-state index in [-0.39, 0.29) is 5.70 Å². The number of imide groups is 1. The van der Waals surface area contributed by atoms with Crippen LogP contribution in [-0.2, 0) is 20.9 Å². The van der Waals surface area contributed by atoms with Crippen LogP contribution in [0.3, 0.4) is 0 Å². The molecule has 1 fully saturated rings. The summed E-state index contributed by atoms with van der Waals surface area (Å²) in [7, 11) is 1.19. The Kier molecular flexibility index (Phi) is 8.13. The standard InChI is InChI=1S/C22H20BrIN2O6/c1-3-31-18-10-14(9-17-21(28)26(22(29)25-17)11-19(27)30-2)8-16(24)20(18)32-12-13-4-6-15(23)7-5-13/h4-10H,3,11-12H2,1-2H3,(H,25,29)/b17-9+. The Hall–Kier alpha value is -2.60. The summed E-state index contributed by atoms with van der Waals surface area (Å²) in [5.74, 6) is -0.183. The molecule has 0 aromatic heterocycles. The van der Waals surface area contributed by atoms with Gasteiger partial charge in [-0.15, -0.1) is 0 Å². The summed E-state index contributed by atoms with van der Waals surface area (Å²) in [5.41, 5.74) is 1.70. The molecule has 2 aromatic rings. The zero-order chi connectivity index (χ0) is 23.3. The van der Waals surface area contributed by atoms with Gasteiger partial charge in [-0.1, -0.05) is 28.1 Å². The van der Waals surface area contributed by atoms with Crippen molar-refractivity contribution >= 4 is 62.5 Å². The number of ether oxygens (including phenoxy) is 3. The fourth-order valence-electron chi connectivity index (χ4n) is 2.89. The second-order valence-electron chi connectivity index (χ2n) is 6.63. The first-order chi connectivity index (χ1) is 15.3. The molecule has 0 radical (unpaired) electrons. The molecule has 0 saturated carbocycles. The fourth-order valence-corrected chi connectivity index (χ4v) is 3.93. The quantitative estimate of drug-likeness (QED) is 0.208. The van der Waals surface area contributed by atoms with Crippen LogP contribution >= 0.6 is 38.5 Å². The first kappa shape index (κ1) is 24.1. The summed E-state index contributed by atoms with van der Waals surface area (Å²) in [6.45, 7) is 2.19. The lowest BCUT2D eigenvalue weighted by Gasteiger charge is -2.15.